The van der Waals surface area contributed by atoms with Gasteiger partial charge in [-0.05, 0) is 6.07 Å². The summed E-state index contributed by atoms with van der Waals surface area (Å²) < 4.78 is 27.1. The predicted molar refractivity (Wildman–Crippen MR) is 84.1 cm³/mol. The summed E-state index contributed by atoms with van der Waals surface area (Å²) in [6.45, 7) is 1.69. The molecule has 3 aromatic rings. The third kappa shape index (κ3) is 2.41. The third-order valence-corrected chi connectivity index (χ3v) is 3.96. The van der Waals surface area contributed by atoms with Crippen molar-refractivity contribution in [2.24, 2.45) is 5.73 Å². The molecule has 4 rings (SSSR count). The van der Waals surface area contributed by atoms with Crippen molar-refractivity contribution in [1.29, 1.82) is 0 Å². The van der Waals surface area contributed by atoms with Crippen molar-refractivity contribution in [3.8, 4) is 11.5 Å². The first-order valence-electron chi connectivity index (χ1n) is 7.48. The molecular formula is C17H16FN3O2. The number of nitrogens with two attached hydrogens (primary N) is 1. The van der Waals surface area contributed by atoms with Gasteiger partial charge in [0.25, 0.3) is 0 Å². The molecule has 5 nitrogen and oxygen atoms in total. The Morgan fingerprint density at radius 2 is 1.87 bits per heavy atom. The number of ether oxygens (including phenoxy) is 2. The van der Waals surface area contributed by atoms with E-state index in [0.717, 1.165) is 11.0 Å². The number of halogens is 1. The predicted octanol–water partition coefficient (Wildman–Crippen LogP) is 2.45. The maximum absolute atomic E-state index is 14.0. The van der Waals surface area contributed by atoms with Crippen LogP contribution >= 0.6 is 0 Å². The topological polar surface area (TPSA) is 62.3 Å². The highest BCUT2D eigenvalue weighted by Crippen LogP contribution is 2.35. The lowest BCUT2D eigenvalue weighted by atomic mass is 10.2. The van der Waals surface area contributed by atoms with Gasteiger partial charge in [-0.15, -0.1) is 0 Å². The Bertz CT molecular complexity index is 876. The monoisotopic (exact) mass is 313 g/mol. The first-order valence-corrected chi connectivity index (χ1v) is 7.48. The lowest BCUT2D eigenvalue weighted by molar-refractivity contribution is 0.172. The lowest BCUT2D eigenvalue weighted by Crippen LogP contribution is -2.15. The summed E-state index contributed by atoms with van der Waals surface area (Å²) in [6, 6.07) is 10.4. The molecule has 2 N–H and O–H groups in total. The molecule has 0 unspecified atom stereocenters. The van der Waals surface area contributed by atoms with E-state index in [1.54, 1.807) is 12.1 Å². The molecule has 0 fully saturated rings. The smallest absolute Gasteiger partial charge is 0.163 e. The highest BCUT2D eigenvalue weighted by Gasteiger charge is 2.18. The minimum absolute atomic E-state index is 0.241. The number of hydrogen-bond acceptors (Lipinski definition) is 4. The lowest BCUT2D eigenvalue weighted by Gasteiger charge is -2.18. The zero-order valence-electron chi connectivity index (χ0n) is 12.5. The highest BCUT2D eigenvalue weighted by atomic mass is 19.1. The molecule has 0 saturated carbocycles. The Balaban J connectivity index is 1.85. The Labute approximate surface area is 132 Å². The standard InChI is InChI=1S/C17H16FN3O2/c18-12-4-2-1-3-11(12)10-21-14-8-16-15(22-5-6-23-16)7-13(14)20-17(21)9-19/h1-4,7-8H,5-6,9-10,19H2. The Kier molecular flexibility index (Phi) is 3.38. The van der Waals surface area contributed by atoms with Crippen LogP contribution in [0.25, 0.3) is 11.0 Å². The van der Waals surface area contributed by atoms with Crippen LogP contribution in [0.2, 0.25) is 0 Å². The first kappa shape index (κ1) is 14.0. The summed E-state index contributed by atoms with van der Waals surface area (Å²) in [7, 11) is 0. The van der Waals surface area contributed by atoms with Crippen LogP contribution in [0.5, 0.6) is 11.5 Å². The Morgan fingerprint density at radius 3 is 2.61 bits per heavy atom. The number of benzene rings is 2. The summed E-state index contributed by atoms with van der Waals surface area (Å²) in [5.41, 5.74) is 8.04. The maximum Gasteiger partial charge on any atom is 0.163 e. The van der Waals surface area contributed by atoms with E-state index in [9.17, 15) is 4.39 Å². The van der Waals surface area contributed by atoms with Gasteiger partial charge in [-0.1, -0.05) is 18.2 Å². The Morgan fingerprint density at radius 1 is 1.13 bits per heavy atom. The van der Waals surface area contributed by atoms with Gasteiger partial charge in [0.1, 0.15) is 24.9 Å². The SMILES string of the molecule is NCc1nc2cc3c(cc2n1Cc1ccccc1F)OCCO3. The van der Waals surface area contributed by atoms with Crippen molar-refractivity contribution in [2.75, 3.05) is 13.2 Å². The van der Waals surface area contributed by atoms with Crippen molar-refractivity contribution in [2.45, 2.75) is 13.1 Å². The summed E-state index contributed by atoms with van der Waals surface area (Å²) in [4.78, 5) is 4.55. The maximum atomic E-state index is 14.0. The van der Waals surface area contributed by atoms with Crippen LogP contribution in [0.15, 0.2) is 36.4 Å². The van der Waals surface area contributed by atoms with Crippen LogP contribution in [0.4, 0.5) is 4.39 Å². The number of aromatic nitrogens is 2. The number of hydrogen-bond donors (Lipinski definition) is 1. The molecular weight excluding hydrogens is 297 g/mol. The molecule has 118 valence electrons. The summed E-state index contributed by atoms with van der Waals surface area (Å²) >= 11 is 0. The average molecular weight is 313 g/mol. The zero-order valence-corrected chi connectivity index (χ0v) is 12.5. The summed E-state index contributed by atoms with van der Waals surface area (Å²) in [5, 5.41) is 0. The molecule has 0 spiro atoms. The van der Waals surface area contributed by atoms with Crippen molar-refractivity contribution < 1.29 is 13.9 Å². The van der Waals surface area contributed by atoms with Crippen LogP contribution in [-0.4, -0.2) is 22.8 Å². The summed E-state index contributed by atoms with van der Waals surface area (Å²) in [5.74, 6) is 1.82. The van der Waals surface area contributed by atoms with Crippen molar-refractivity contribution in [1.82, 2.24) is 9.55 Å². The molecule has 0 atom stereocenters. The first-order chi connectivity index (χ1) is 11.3. The van der Waals surface area contributed by atoms with E-state index in [0.29, 0.717) is 42.6 Å². The molecule has 1 aromatic heterocycles. The van der Waals surface area contributed by atoms with Crippen LogP contribution in [-0.2, 0) is 13.1 Å². The molecule has 2 heterocycles. The zero-order chi connectivity index (χ0) is 15.8. The number of rotatable bonds is 3. The molecule has 2 aromatic carbocycles. The second-order valence-electron chi connectivity index (χ2n) is 5.39. The van der Waals surface area contributed by atoms with E-state index >= 15 is 0 Å². The van der Waals surface area contributed by atoms with Crippen LogP contribution in [0, 0.1) is 5.82 Å². The van der Waals surface area contributed by atoms with E-state index in [1.165, 1.54) is 6.07 Å². The van der Waals surface area contributed by atoms with Gasteiger partial charge >= 0.3 is 0 Å². The molecule has 0 amide bonds. The van der Waals surface area contributed by atoms with E-state index in [1.807, 2.05) is 22.8 Å². The summed E-state index contributed by atoms with van der Waals surface area (Å²) in [6.07, 6.45) is 0. The second-order valence-corrected chi connectivity index (χ2v) is 5.39. The van der Waals surface area contributed by atoms with Crippen molar-refractivity contribution >= 4 is 11.0 Å². The highest BCUT2D eigenvalue weighted by molar-refractivity contribution is 5.81. The fourth-order valence-electron chi connectivity index (χ4n) is 2.84. The van der Waals surface area contributed by atoms with Gasteiger partial charge in [-0.2, -0.15) is 0 Å². The van der Waals surface area contributed by atoms with Gasteiger partial charge in [0.15, 0.2) is 11.5 Å². The molecule has 0 radical (unpaired) electrons. The van der Waals surface area contributed by atoms with Crippen LogP contribution < -0.4 is 15.2 Å². The molecule has 0 aliphatic carbocycles. The number of imidazole rings is 1. The van der Waals surface area contributed by atoms with Gasteiger partial charge < -0.3 is 19.8 Å². The van der Waals surface area contributed by atoms with Crippen molar-refractivity contribution in [3.63, 3.8) is 0 Å². The van der Waals surface area contributed by atoms with Gasteiger partial charge in [0.05, 0.1) is 24.1 Å². The fraction of sp³-hybridized carbons (Fsp3) is 0.235. The van der Waals surface area contributed by atoms with E-state index in [2.05, 4.69) is 4.98 Å². The van der Waals surface area contributed by atoms with E-state index in [4.69, 9.17) is 15.2 Å². The molecule has 0 bridgehead atoms. The molecule has 6 heteroatoms. The fourth-order valence-corrected chi connectivity index (χ4v) is 2.84. The largest absolute Gasteiger partial charge is 0.486 e. The van der Waals surface area contributed by atoms with Gasteiger partial charge in [-0.3, -0.25) is 0 Å². The second kappa shape index (κ2) is 5.55. The average Bonchev–Trinajstić information content (AvgIpc) is 2.91. The third-order valence-electron chi connectivity index (χ3n) is 3.96. The molecule has 1 aliphatic heterocycles. The van der Waals surface area contributed by atoms with Crippen LogP contribution in [0.3, 0.4) is 0 Å². The normalized spacial score (nSPS) is 13.5. The van der Waals surface area contributed by atoms with Crippen LogP contribution in [0.1, 0.15) is 11.4 Å². The van der Waals surface area contributed by atoms with Gasteiger partial charge in [0, 0.05) is 17.7 Å². The quantitative estimate of drug-likeness (QED) is 0.807. The minimum atomic E-state index is -0.241. The number of nitrogens with zero attached hydrogens (tertiary/aromatic N) is 2. The van der Waals surface area contributed by atoms with E-state index < -0.39 is 0 Å². The Hall–Kier alpha value is -2.60. The van der Waals surface area contributed by atoms with Crippen molar-refractivity contribution in [3.05, 3.63) is 53.6 Å². The minimum Gasteiger partial charge on any atom is -0.486 e. The van der Waals surface area contributed by atoms with E-state index in [-0.39, 0.29) is 12.4 Å². The van der Waals surface area contributed by atoms with Gasteiger partial charge in [-0.25, -0.2) is 9.37 Å². The van der Waals surface area contributed by atoms with Gasteiger partial charge in [0.2, 0.25) is 0 Å². The number of fused-ring (bicyclic) bond motifs is 2. The molecule has 1 aliphatic rings. The molecule has 0 saturated heterocycles. The molecule has 23 heavy (non-hydrogen) atoms.